The van der Waals surface area contributed by atoms with Crippen LogP contribution in [0, 0.1) is 0 Å². The molecule has 4 nitrogen and oxygen atoms in total. The standard InChI is InChI=1S/C12H24N4/c1-2-8-13(7-1)16(14-9-3-4-10-14)15-11-5-6-12-15/h1-12H2. The van der Waals surface area contributed by atoms with Crippen LogP contribution in [0.5, 0.6) is 0 Å². The maximum Gasteiger partial charge on any atom is 0.0161 e. The van der Waals surface area contributed by atoms with Gasteiger partial charge in [-0.05, 0) is 38.5 Å². The molecule has 16 heavy (non-hydrogen) atoms. The Hall–Kier alpha value is -0.160. The second-order valence-corrected chi connectivity index (χ2v) is 5.25. The summed E-state index contributed by atoms with van der Waals surface area (Å²) in [5, 5.41) is 10.2. The molecule has 3 heterocycles. The molecule has 4 heteroatoms. The van der Waals surface area contributed by atoms with Crippen molar-refractivity contribution in [1.82, 2.24) is 20.3 Å². The molecule has 0 aromatic rings. The molecule has 0 spiro atoms. The summed E-state index contributed by atoms with van der Waals surface area (Å²) in [6.45, 7) is 7.54. The normalized spacial score (nSPS) is 29.8. The van der Waals surface area contributed by atoms with Crippen LogP contribution in [0.2, 0.25) is 0 Å². The third-order valence-electron chi connectivity index (χ3n) is 4.01. The summed E-state index contributed by atoms with van der Waals surface area (Å²) in [5.41, 5.74) is 0. The van der Waals surface area contributed by atoms with E-state index in [-0.39, 0.29) is 0 Å². The second kappa shape index (κ2) is 5.00. The van der Waals surface area contributed by atoms with Crippen LogP contribution in [0.15, 0.2) is 0 Å². The van der Waals surface area contributed by atoms with Gasteiger partial charge in [0.1, 0.15) is 0 Å². The zero-order valence-corrected chi connectivity index (χ0v) is 10.3. The van der Waals surface area contributed by atoms with Gasteiger partial charge in [0, 0.05) is 39.3 Å². The van der Waals surface area contributed by atoms with Gasteiger partial charge >= 0.3 is 0 Å². The van der Waals surface area contributed by atoms with E-state index in [1.165, 1.54) is 77.8 Å². The largest absolute Gasteiger partial charge is 0.213 e. The average Bonchev–Trinajstić information content (AvgIpc) is 3.02. The summed E-state index contributed by atoms with van der Waals surface area (Å²) in [6.07, 6.45) is 8.24. The lowest BCUT2D eigenvalue weighted by Gasteiger charge is -2.43. The van der Waals surface area contributed by atoms with Gasteiger partial charge in [-0.3, -0.25) is 0 Å². The van der Waals surface area contributed by atoms with Crippen molar-refractivity contribution in [1.29, 1.82) is 0 Å². The fourth-order valence-corrected chi connectivity index (χ4v) is 3.17. The van der Waals surface area contributed by atoms with E-state index in [1.807, 2.05) is 0 Å². The molecule has 3 aliphatic rings. The van der Waals surface area contributed by atoms with Crippen LogP contribution in [0.4, 0.5) is 0 Å². The predicted molar refractivity (Wildman–Crippen MR) is 64.3 cm³/mol. The highest BCUT2D eigenvalue weighted by atomic mass is 16.0. The third kappa shape index (κ3) is 2.12. The maximum absolute atomic E-state index is 2.57. The van der Waals surface area contributed by atoms with Gasteiger partial charge in [-0.1, -0.05) is 0 Å². The Morgan fingerprint density at radius 2 is 0.688 bits per heavy atom. The molecule has 3 aliphatic heterocycles. The molecule has 0 saturated carbocycles. The predicted octanol–water partition coefficient (Wildman–Crippen LogP) is 1.32. The number of hydrazine groups is 3. The Bertz CT molecular complexity index is 177. The second-order valence-electron chi connectivity index (χ2n) is 5.25. The topological polar surface area (TPSA) is 13.0 Å². The van der Waals surface area contributed by atoms with Crippen molar-refractivity contribution in [2.24, 2.45) is 0 Å². The van der Waals surface area contributed by atoms with Gasteiger partial charge in [0.25, 0.3) is 0 Å². The summed E-state index contributed by atoms with van der Waals surface area (Å²) in [5.74, 6) is 0. The van der Waals surface area contributed by atoms with E-state index in [4.69, 9.17) is 0 Å². The number of hydrogen-bond acceptors (Lipinski definition) is 4. The van der Waals surface area contributed by atoms with Gasteiger partial charge in [-0.2, -0.15) is 0 Å². The van der Waals surface area contributed by atoms with Crippen molar-refractivity contribution in [3.8, 4) is 0 Å². The molecule has 3 saturated heterocycles. The van der Waals surface area contributed by atoms with Crippen LogP contribution >= 0.6 is 0 Å². The van der Waals surface area contributed by atoms with E-state index in [1.54, 1.807) is 0 Å². The molecule has 0 unspecified atom stereocenters. The summed E-state index contributed by atoms with van der Waals surface area (Å²) in [7, 11) is 0. The van der Waals surface area contributed by atoms with Crippen LogP contribution in [0.25, 0.3) is 0 Å². The van der Waals surface area contributed by atoms with Crippen molar-refractivity contribution < 1.29 is 0 Å². The molecule has 0 radical (unpaired) electrons. The molecule has 3 rings (SSSR count). The molecule has 3 fully saturated rings. The van der Waals surface area contributed by atoms with Crippen molar-refractivity contribution in [2.75, 3.05) is 39.3 Å². The minimum absolute atomic E-state index is 1.26. The molecule has 0 bridgehead atoms. The molecule has 0 N–H and O–H groups in total. The monoisotopic (exact) mass is 224 g/mol. The van der Waals surface area contributed by atoms with Gasteiger partial charge in [-0.15, -0.1) is 5.23 Å². The van der Waals surface area contributed by atoms with E-state index in [9.17, 15) is 0 Å². The SMILES string of the molecule is C1CCN(N(N2CCCC2)N2CCCC2)C1. The van der Waals surface area contributed by atoms with Crippen LogP contribution in [-0.4, -0.2) is 59.5 Å². The highest BCUT2D eigenvalue weighted by Gasteiger charge is 2.32. The molecular weight excluding hydrogens is 200 g/mol. The van der Waals surface area contributed by atoms with E-state index < -0.39 is 0 Å². The molecule has 0 atom stereocenters. The zero-order valence-electron chi connectivity index (χ0n) is 10.3. The maximum atomic E-state index is 2.57. The lowest BCUT2D eigenvalue weighted by molar-refractivity contribution is -0.289. The third-order valence-corrected chi connectivity index (χ3v) is 4.01. The van der Waals surface area contributed by atoms with Gasteiger partial charge in [-0.25, -0.2) is 15.0 Å². The Balaban J connectivity index is 1.70. The molecule has 92 valence electrons. The average molecular weight is 224 g/mol. The van der Waals surface area contributed by atoms with E-state index in [0.717, 1.165) is 0 Å². The molecule has 0 aromatic carbocycles. The minimum atomic E-state index is 1.26. The fourth-order valence-electron chi connectivity index (χ4n) is 3.17. The van der Waals surface area contributed by atoms with Crippen molar-refractivity contribution >= 4 is 0 Å². The summed E-state index contributed by atoms with van der Waals surface area (Å²) < 4.78 is 0. The van der Waals surface area contributed by atoms with Crippen LogP contribution < -0.4 is 0 Å². The first kappa shape index (κ1) is 11.0. The highest BCUT2D eigenvalue weighted by Crippen LogP contribution is 2.23. The number of rotatable bonds is 3. The quantitative estimate of drug-likeness (QED) is 0.717. The van der Waals surface area contributed by atoms with E-state index in [2.05, 4.69) is 20.3 Å². The van der Waals surface area contributed by atoms with Gasteiger partial charge in [0.15, 0.2) is 0 Å². The van der Waals surface area contributed by atoms with Gasteiger partial charge < -0.3 is 0 Å². The van der Waals surface area contributed by atoms with Crippen molar-refractivity contribution in [2.45, 2.75) is 38.5 Å². The number of nitrogens with zero attached hydrogens (tertiary/aromatic N) is 4. The fraction of sp³-hybridized carbons (Fsp3) is 1.00. The van der Waals surface area contributed by atoms with Crippen LogP contribution in [0.1, 0.15) is 38.5 Å². The zero-order chi connectivity index (χ0) is 10.8. The first-order chi connectivity index (χ1) is 7.95. The van der Waals surface area contributed by atoms with Crippen LogP contribution in [-0.2, 0) is 0 Å². The molecule has 0 aliphatic carbocycles. The molecule has 0 amide bonds. The first-order valence-electron chi connectivity index (χ1n) is 7.00. The highest BCUT2D eigenvalue weighted by molar-refractivity contribution is 4.71. The summed E-state index contributed by atoms with van der Waals surface area (Å²) in [6, 6.07) is 0. The van der Waals surface area contributed by atoms with Crippen LogP contribution in [0.3, 0.4) is 0 Å². The first-order valence-corrected chi connectivity index (χ1v) is 7.00. The summed E-state index contributed by atoms with van der Waals surface area (Å²) >= 11 is 0. The minimum Gasteiger partial charge on any atom is -0.213 e. The molecular formula is C12H24N4. The van der Waals surface area contributed by atoms with Gasteiger partial charge in [0.2, 0.25) is 0 Å². The lowest BCUT2D eigenvalue weighted by Crippen LogP contribution is -2.59. The Morgan fingerprint density at radius 1 is 0.438 bits per heavy atom. The Labute approximate surface area is 98.7 Å². The smallest absolute Gasteiger partial charge is 0.0161 e. The van der Waals surface area contributed by atoms with Crippen molar-refractivity contribution in [3.63, 3.8) is 0 Å². The molecule has 0 aromatic heterocycles. The van der Waals surface area contributed by atoms with Crippen molar-refractivity contribution in [3.05, 3.63) is 0 Å². The van der Waals surface area contributed by atoms with E-state index >= 15 is 0 Å². The van der Waals surface area contributed by atoms with Gasteiger partial charge in [0.05, 0.1) is 0 Å². The summed E-state index contributed by atoms with van der Waals surface area (Å²) in [4.78, 5) is 0. The number of hydrogen-bond donors (Lipinski definition) is 0. The van der Waals surface area contributed by atoms with E-state index in [0.29, 0.717) is 0 Å². The Kier molecular flexibility index (Phi) is 3.43. The lowest BCUT2D eigenvalue weighted by atomic mass is 10.4. The Morgan fingerprint density at radius 3 is 0.938 bits per heavy atom.